The van der Waals surface area contributed by atoms with E-state index in [4.69, 9.17) is 9.15 Å². The van der Waals surface area contributed by atoms with Crippen LogP contribution < -0.4 is 10.2 Å². The predicted molar refractivity (Wildman–Crippen MR) is 109 cm³/mol. The first-order chi connectivity index (χ1) is 13.4. The molecule has 4 rings (SSSR count). The van der Waals surface area contributed by atoms with Gasteiger partial charge in [0.2, 0.25) is 5.88 Å². The molecule has 0 saturated carbocycles. The van der Waals surface area contributed by atoms with E-state index >= 15 is 0 Å². The fourth-order valence-corrected chi connectivity index (χ4v) is 2.87. The summed E-state index contributed by atoms with van der Waals surface area (Å²) in [5, 5.41) is 0.506. The number of rotatable bonds is 3. The van der Waals surface area contributed by atoms with E-state index in [1.165, 1.54) is 6.26 Å². The van der Waals surface area contributed by atoms with Crippen molar-refractivity contribution in [1.29, 1.82) is 0 Å². The Hall–Kier alpha value is -3.47. The molecule has 0 fully saturated rings. The first kappa shape index (κ1) is 17.9. The number of fused-ring (bicyclic) bond motifs is 1. The zero-order chi connectivity index (χ0) is 19.7. The van der Waals surface area contributed by atoms with Gasteiger partial charge in [0, 0.05) is 23.7 Å². The van der Waals surface area contributed by atoms with Crippen LogP contribution in [0.1, 0.15) is 26.6 Å². The van der Waals surface area contributed by atoms with E-state index in [0.717, 1.165) is 5.56 Å². The van der Waals surface area contributed by atoms with Gasteiger partial charge in [0.1, 0.15) is 23.4 Å². The second-order valence-corrected chi connectivity index (χ2v) is 7.57. The smallest absolute Gasteiger partial charge is 0.222 e. The highest BCUT2D eigenvalue weighted by Gasteiger charge is 2.18. The standard InChI is InChI=1S/C23H20N2O3/c1-23(2,3)22-24-12-11-20(25-22)28-16-9-10-17-19(13-16)27-14-18(21(17)26)15-7-5-4-6-8-15/h4-14H,1-3H3. The minimum atomic E-state index is -0.177. The number of aromatic nitrogens is 2. The third kappa shape index (κ3) is 3.51. The summed E-state index contributed by atoms with van der Waals surface area (Å²) in [7, 11) is 0. The van der Waals surface area contributed by atoms with Crippen LogP contribution in [0.25, 0.3) is 22.1 Å². The molecule has 2 aromatic carbocycles. The number of ether oxygens (including phenoxy) is 1. The molecule has 0 N–H and O–H groups in total. The molecule has 0 spiro atoms. The van der Waals surface area contributed by atoms with Crippen LogP contribution in [0.4, 0.5) is 0 Å². The average Bonchev–Trinajstić information content (AvgIpc) is 2.68. The van der Waals surface area contributed by atoms with Crippen LogP contribution in [0, 0.1) is 0 Å². The van der Waals surface area contributed by atoms with Crippen molar-refractivity contribution in [3.05, 3.63) is 83.1 Å². The Balaban J connectivity index is 1.69. The van der Waals surface area contributed by atoms with Crippen molar-refractivity contribution in [3.8, 4) is 22.8 Å². The average molecular weight is 372 g/mol. The molecule has 0 atom stereocenters. The van der Waals surface area contributed by atoms with E-state index in [2.05, 4.69) is 9.97 Å². The van der Waals surface area contributed by atoms with Gasteiger partial charge in [0.25, 0.3) is 0 Å². The lowest BCUT2D eigenvalue weighted by molar-refractivity contribution is 0.445. The molecule has 0 aliphatic heterocycles. The van der Waals surface area contributed by atoms with Gasteiger partial charge in [0.15, 0.2) is 5.43 Å². The van der Waals surface area contributed by atoms with E-state index in [9.17, 15) is 4.79 Å². The van der Waals surface area contributed by atoms with Crippen molar-refractivity contribution in [2.45, 2.75) is 26.2 Å². The molecule has 2 aromatic heterocycles. The van der Waals surface area contributed by atoms with Crippen molar-refractivity contribution >= 4 is 11.0 Å². The third-order valence-electron chi connectivity index (χ3n) is 4.35. The Morgan fingerprint density at radius 2 is 1.79 bits per heavy atom. The fraction of sp³-hybridized carbons (Fsp3) is 0.174. The Morgan fingerprint density at radius 3 is 2.54 bits per heavy atom. The molecule has 5 nitrogen and oxygen atoms in total. The number of hydrogen-bond donors (Lipinski definition) is 0. The highest BCUT2D eigenvalue weighted by molar-refractivity contribution is 5.82. The summed E-state index contributed by atoms with van der Waals surface area (Å²) >= 11 is 0. The van der Waals surface area contributed by atoms with Gasteiger partial charge in [0.05, 0.1) is 10.9 Å². The molecule has 0 aliphatic carbocycles. The van der Waals surface area contributed by atoms with Gasteiger partial charge in [-0.1, -0.05) is 51.1 Å². The lowest BCUT2D eigenvalue weighted by Gasteiger charge is -2.16. The van der Waals surface area contributed by atoms with E-state index in [1.807, 2.05) is 51.1 Å². The van der Waals surface area contributed by atoms with Gasteiger partial charge >= 0.3 is 0 Å². The lowest BCUT2D eigenvalue weighted by atomic mass is 9.96. The number of hydrogen-bond acceptors (Lipinski definition) is 5. The van der Waals surface area contributed by atoms with E-state index < -0.39 is 0 Å². The van der Waals surface area contributed by atoms with Crippen LogP contribution in [0.5, 0.6) is 11.6 Å². The largest absolute Gasteiger partial charge is 0.463 e. The van der Waals surface area contributed by atoms with Crippen molar-refractivity contribution < 1.29 is 9.15 Å². The van der Waals surface area contributed by atoms with Crippen molar-refractivity contribution in [3.63, 3.8) is 0 Å². The molecular weight excluding hydrogens is 352 g/mol. The Labute approximate surface area is 162 Å². The number of benzene rings is 2. The highest BCUT2D eigenvalue weighted by Crippen LogP contribution is 2.27. The second-order valence-electron chi connectivity index (χ2n) is 7.57. The van der Waals surface area contributed by atoms with E-state index in [-0.39, 0.29) is 10.8 Å². The Kier molecular flexibility index (Phi) is 4.43. The summed E-state index contributed by atoms with van der Waals surface area (Å²) in [6.45, 7) is 6.13. The zero-order valence-corrected chi connectivity index (χ0v) is 16.0. The molecule has 4 aromatic rings. The molecule has 0 unspecified atom stereocenters. The highest BCUT2D eigenvalue weighted by atomic mass is 16.5. The van der Waals surface area contributed by atoms with E-state index in [0.29, 0.717) is 34.0 Å². The van der Waals surface area contributed by atoms with E-state index in [1.54, 1.807) is 30.5 Å². The Morgan fingerprint density at radius 1 is 1.00 bits per heavy atom. The van der Waals surface area contributed by atoms with Crippen molar-refractivity contribution in [1.82, 2.24) is 9.97 Å². The topological polar surface area (TPSA) is 65.2 Å². The predicted octanol–water partition coefficient (Wildman–Crippen LogP) is 5.34. The fourth-order valence-electron chi connectivity index (χ4n) is 2.87. The molecule has 0 saturated heterocycles. The zero-order valence-electron chi connectivity index (χ0n) is 16.0. The van der Waals surface area contributed by atoms with Gasteiger partial charge in [-0.2, -0.15) is 4.98 Å². The normalized spacial score (nSPS) is 11.5. The molecule has 140 valence electrons. The molecule has 0 amide bonds. The molecular formula is C23H20N2O3. The van der Waals surface area contributed by atoms with Gasteiger partial charge in [-0.05, 0) is 17.7 Å². The molecule has 0 radical (unpaired) electrons. The van der Waals surface area contributed by atoms with Crippen molar-refractivity contribution in [2.75, 3.05) is 0 Å². The van der Waals surface area contributed by atoms with Gasteiger partial charge in [-0.3, -0.25) is 4.79 Å². The molecule has 28 heavy (non-hydrogen) atoms. The van der Waals surface area contributed by atoms with Crippen LogP contribution in [-0.4, -0.2) is 9.97 Å². The monoisotopic (exact) mass is 372 g/mol. The summed E-state index contributed by atoms with van der Waals surface area (Å²) in [5.41, 5.74) is 1.58. The maximum Gasteiger partial charge on any atom is 0.222 e. The van der Waals surface area contributed by atoms with Crippen LogP contribution >= 0.6 is 0 Å². The van der Waals surface area contributed by atoms with Crippen LogP contribution in [0.2, 0.25) is 0 Å². The maximum atomic E-state index is 12.8. The second kappa shape index (κ2) is 6.93. The van der Waals surface area contributed by atoms with Crippen LogP contribution in [0.3, 0.4) is 0 Å². The first-order valence-corrected chi connectivity index (χ1v) is 9.04. The molecule has 0 aliphatic rings. The summed E-state index contributed by atoms with van der Waals surface area (Å²) in [5.74, 6) is 1.69. The first-order valence-electron chi connectivity index (χ1n) is 9.04. The molecule has 2 heterocycles. The lowest BCUT2D eigenvalue weighted by Crippen LogP contribution is -2.15. The summed E-state index contributed by atoms with van der Waals surface area (Å²) in [4.78, 5) is 21.6. The third-order valence-corrected chi connectivity index (χ3v) is 4.35. The quantitative estimate of drug-likeness (QED) is 0.486. The maximum absolute atomic E-state index is 12.8. The molecule has 0 bridgehead atoms. The van der Waals surface area contributed by atoms with Gasteiger partial charge in [-0.15, -0.1) is 0 Å². The molecule has 5 heteroatoms. The van der Waals surface area contributed by atoms with Gasteiger partial charge in [-0.25, -0.2) is 4.98 Å². The summed E-state index contributed by atoms with van der Waals surface area (Å²) in [6.07, 6.45) is 3.17. The summed E-state index contributed by atoms with van der Waals surface area (Å²) in [6, 6.07) is 16.3. The SMILES string of the molecule is CC(C)(C)c1nccc(Oc2ccc3c(=O)c(-c4ccccc4)coc3c2)n1. The number of nitrogens with zero attached hydrogens (tertiary/aromatic N) is 2. The van der Waals surface area contributed by atoms with Gasteiger partial charge < -0.3 is 9.15 Å². The summed E-state index contributed by atoms with van der Waals surface area (Å²) < 4.78 is 11.6. The minimum Gasteiger partial charge on any atom is -0.463 e. The minimum absolute atomic E-state index is 0.0731. The van der Waals surface area contributed by atoms with Crippen LogP contribution in [-0.2, 0) is 5.41 Å². The van der Waals surface area contributed by atoms with Crippen LogP contribution in [0.15, 0.2) is 76.3 Å². The Bertz CT molecular complexity index is 1190. The van der Waals surface area contributed by atoms with Crippen molar-refractivity contribution in [2.24, 2.45) is 0 Å².